The summed E-state index contributed by atoms with van der Waals surface area (Å²) in [6, 6.07) is 11.2. The van der Waals surface area contributed by atoms with Crippen molar-refractivity contribution in [2.75, 3.05) is 19.8 Å². The van der Waals surface area contributed by atoms with E-state index >= 15 is 0 Å². The molecule has 3 rings (SSSR count). The topological polar surface area (TPSA) is 119 Å². The van der Waals surface area contributed by atoms with E-state index in [2.05, 4.69) is 6.58 Å². The van der Waals surface area contributed by atoms with Crippen LogP contribution in [0.2, 0.25) is 0 Å². The molecule has 0 bridgehead atoms. The molecule has 1 amide bonds. The van der Waals surface area contributed by atoms with E-state index in [1.54, 1.807) is 30.3 Å². The number of nitrogens with zero attached hydrogens (tertiary/aromatic N) is 2. The molecule has 35 heavy (non-hydrogen) atoms. The number of benzene rings is 2. The number of rotatable bonds is 11. The number of nitro groups is 1. The Morgan fingerprint density at radius 1 is 1.17 bits per heavy atom. The van der Waals surface area contributed by atoms with Crippen LogP contribution in [-0.2, 0) is 14.3 Å². The van der Waals surface area contributed by atoms with Crippen molar-refractivity contribution in [3.63, 3.8) is 0 Å². The molecule has 0 radical (unpaired) electrons. The molecule has 1 heterocycles. The Kier molecular flexibility index (Phi) is 8.38. The number of hydrogen-bond donors (Lipinski definition) is 1. The maximum atomic E-state index is 13.1. The third kappa shape index (κ3) is 5.93. The zero-order chi connectivity index (χ0) is 25.5. The highest BCUT2D eigenvalue weighted by Crippen LogP contribution is 2.40. The lowest BCUT2D eigenvalue weighted by Gasteiger charge is -2.25. The largest absolute Gasteiger partial charge is 0.507 e. The lowest BCUT2D eigenvalue weighted by molar-refractivity contribution is -0.384. The molecule has 0 aliphatic carbocycles. The van der Waals surface area contributed by atoms with Crippen LogP contribution >= 0.6 is 0 Å². The zero-order valence-corrected chi connectivity index (χ0v) is 19.7. The summed E-state index contributed by atoms with van der Waals surface area (Å²) in [6.07, 6.45) is 2.10. The summed E-state index contributed by atoms with van der Waals surface area (Å²) in [5, 5.41) is 22.2. The number of hydrogen-bond acceptors (Lipinski definition) is 7. The first-order valence-corrected chi connectivity index (χ1v) is 11.2. The number of nitro benzene ring substituents is 1. The van der Waals surface area contributed by atoms with Crippen LogP contribution in [0.5, 0.6) is 5.75 Å². The van der Waals surface area contributed by atoms with Crippen LogP contribution in [0.4, 0.5) is 5.69 Å². The van der Waals surface area contributed by atoms with Crippen LogP contribution < -0.4 is 4.74 Å². The first kappa shape index (κ1) is 25.6. The quantitative estimate of drug-likeness (QED) is 0.0963. The highest BCUT2D eigenvalue weighted by atomic mass is 16.6. The molecular weight excluding hydrogens is 452 g/mol. The molecule has 2 aromatic rings. The van der Waals surface area contributed by atoms with Gasteiger partial charge in [-0.15, -0.1) is 0 Å². The van der Waals surface area contributed by atoms with E-state index in [0.29, 0.717) is 36.5 Å². The highest BCUT2D eigenvalue weighted by Gasteiger charge is 2.45. The van der Waals surface area contributed by atoms with Crippen molar-refractivity contribution in [2.45, 2.75) is 32.4 Å². The van der Waals surface area contributed by atoms with E-state index in [-0.39, 0.29) is 29.7 Å². The van der Waals surface area contributed by atoms with Crippen molar-refractivity contribution in [1.82, 2.24) is 4.90 Å². The third-order valence-electron chi connectivity index (χ3n) is 5.45. The monoisotopic (exact) mass is 480 g/mol. The molecule has 1 aliphatic heterocycles. The number of likely N-dealkylation sites (tertiary alicyclic amines) is 1. The van der Waals surface area contributed by atoms with Gasteiger partial charge in [-0.1, -0.05) is 12.7 Å². The van der Waals surface area contributed by atoms with E-state index in [0.717, 1.165) is 0 Å². The summed E-state index contributed by atoms with van der Waals surface area (Å²) in [7, 11) is 0. The highest BCUT2D eigenvalue weighted by molar-refractivity contribution is 6.46. The van der Waals surface area contributed by atoms with Gasteiger partial charge in [-0.3, -0.25) is 19.7 Å². The van der Waals surface area contributed by atoms with Gasteiger partial charge in [0.05, 0.1) is 22.6 Å². The second kappa shape index (κ2) is 11.4. The summed E-state index contributed by atoms with van der Waals surface area (Å²) in [5.41, 5.74) is 0.621. The minimum Gasteiger partial charge on any atom is -0.507 e. The molecule has 1 fully saturated rings. The summed E-state index contributed by atoms with van der Waals surface area (Å²) in [4.78, 5) is 38.0. The number of aliphatic hydroxyl groups is 1. The number of amides is 1. The predicted octanol–water partition coefficient (Wildman–Crippen LogP) is 4.40. The van der Waals surface area contributed by atoms with Gasteiger partial charge in [0.2, 0.25) is 0 Å². The van der Waals surface area contributed by atoms with Gasteiger partial charge in [-0.05, 0) is 62.2 Å². The van der Waals surface area contributed by atoms with Crippen LogP contribution in [0.3, 0.4) is 0 Å². The number of carbonyl (C=O) groups is 2. The molecule has 9 nitrogen and oxygen atoms in total. The second-order valence-corrected chi connectivity index (χ2v) is 8.24. The molecule has 1 N–H and O–H groups in total. The van der Waals surface area contributed by atoms with Crippen molar-refractivity contribution in [2.24, 2.45) is 0 Å². The Bertz CT molecular complexity index is 1120. The second-order valence-electron chi connectivity index (χ2n) is 8.24. The van der Waals surface area contributed by atoms with Crippen molar-refractivity contribution in [3.8, 4) is 5.75 Å². The van der Waals surface area contributed by atoms with E-state index in [1.807, 2.05) is 13.8 Å². The Morgan fingerprint density at radius 3 is 2.40 bits per heavy atom. The van der Waals surface area contributed by atoms with Crippen LogP contribution in [0.15, 0.2) is 66.8 Å². The fraction of sp³-hybridized carbons (Fsp3) is 0.308. The van der Waals surface area contributed by atoms with Crippen molar-refractivity contribution >= 4 is 23.1 Å². The molecule has 0 spiro atoms. The van der Waals surface area contributed by atoms with Gasteiger partial charge in [0, 0.05) is 30.8 Å². The Balaban J connectivity index is 2.00. The molecular formula is C26H28N2O7. The fourth-order valence-electron chi connectivity index (χ4n) is 3.81. The van der Waals surface area contributed by atoms with E-state index in [1.165, 1.54) is 29.2 Å². The molecule has 184 valence electrons. The zero-order valence-electron chi connectivity index (χ0n) is 19.7. The van der Waals surface area contributed by atoms with E-state index in [9.17, 15) is 24.8 Å². The lowest BCUT2D eigenvalue weighted by atomic mass is 9.95. The standard InChI is InChI=1S/C26H28N2O7/c1-4-15-35-21-12-8-19(9-13-21)24(29)22-23(18-6-10-20(11-7-18)28(32)33)27(26(31)25(22)30)14-5-16-34-17(2)3/h4,6-13,17,23,29H,1,5,14-16H2,2-3H3/b24-22+. The van der Waals surface area contributed by atoms with Gasteiger partial charge < -0.3 is 19.5 Å². The van der Waals surface area contributed by atoms with Crippen molar-refractivity contribution in [1.29, 1.82) is 0 Å². The lowest BCUT2D eigenvalue weighted by Crippen LogP contribution is -2.31. The maximum absolute atomic E-state index is 13.1. The number of aliphatic hydroxyl groups excluding tert-OH is 1. The van der Waals surface area contributed by atoms with Crippen LogP contribution in [0.1, 0.15) is 37.4 Å². The van der Waals surface area contributed by atoms with Gasteiger partial charge in [0.1, 0.15) is 18.1 Å². The predicted molar refractivity (Wildman–Crippen MR) is 130 cm³/mol. The first-order valence-electron chi connectivity index (χ1n) is 11.2. The minimum absolute atomic E-state index is 0.0225. The smallest absolute Gasteiger partial charge is 0.295 e. The van der Waals surface area contributed by atoms with Gasteiger partial charge in [-0.2, -0.15) is 0 Å². The van der Waals surface area contributed by atoms with Crippen molar-refractivity contribution < 1.29 is 29.1 Å². The van der Waals surface area contributed by atoms with Gasteiger partial charge >= 0.3 is 0 Å². The Hall–Kier alpha value is -3.98. The third-order valence-corrected chi connectivity index (χ3v) is 5.45. The average molecular weight is 481 g/mol. The summed E-state index contributed by atoms with van der Waals surface area (Å²) >= 11 is 0. The normalized spacial score (nSPS) is 17.1. The van der Waals surface area contributed by atoms with Crippen LogP contribution in [-0.4, -0.2) is 52.5 Å². The first-order chi connectivity index (χ1) is 16.7. The molecule has 2 aromatic carbocycles. The molecule has 1 unspecified atom stereocenters. The number of non-ortho nitro benzene ring substituents is 1. The summed E-state index contributed by atoms with van der Waals surface area (Å²) in [5.74, 6) is -1.34. The van der Waals surface area contributed by atoms with Crippen LogP contribution in [0.25, 0.3) is 5.76 Å². The molecule has 1 atom stereocenters. The number of carbonyl (C=O) groups excluding carboxylic acids is 2. The molecule has 9 heteroatoms. The number of ketones is 1. The van der Waals surface area contributed by atoms with E-state index < -0.39 is 22.7 Å². The number of Topliss-reactive ketones (excluding diaryl/α,β-unsaturated/α-hetero) is 1. The van der Waals surface area contributed by atoms with Crippen LogP contribution in [0, 0.1) is 10.1 Å². The summed E-state index contributed by atoms with van der Waals surface area (Å²) in [6.45, 7) is 8.31. The Morgan fingerprint density at radius 2 is 1.83 bits per heavy atom. The number of ether oxygens (including phenoxy) is 2. The van der Waals surface area contributed by atoms with Gasteiger partial charge in [-0.25, -0.2) is 0 Å². The Labute approximate surface area is 203 Å². The molecule has 1 saturated heterocycles. The maximum Gasteiger partial charge on any atom is 0.295 e. The van der Waals surface area contributed by atoms with E-state index in [4.69, 9.17) is 9.47 Å². The SMILES string of the molecule is C=CCOc1ccc(/C(O)=C2\C(=O)C(=O)N(CCCOC(C)C)C2c2ccc([N+](=O)[O-])cc2)cc1. The molecule has 1 aliphatic rings. The van der Waals surface area contributed by atoms with Gasteiger partial charge in [0.25, 0.3) is 17.4 Å². The van der Waals surface area contributed by atoms with Gasteiger partial charge in [0.15, 0.2) is 0 Å². The molecule has 0 saturated carbocycles. The summed E-state index contributed by atoms with van der Waals surface area (Å²) < 4.78 is 11.0. The fourth-order valence-corrected chi connectivity index (χ4v) is 3.81. The average Bonchev–Trinajstić information content (AvgIpc) is 3.10. The minimum atomic E-state index is -0.897. The molecule has 0 aromatic heterocycles. The van der Waals surface area contributed by atoms with Crippen molar-refractivity contribution in [3.05, 3.63) is 88.0 Å².